The van der Waals surface area contributed by atoms with Crippen LogP contribution in [0, 0.1) is 28.1 Å². The van der Waals surface area contributed by atoms with E-state index in [0.717, 1.165) is 0 Å². The minimum atomic E-state index is -1.65. The number of ketones is 1. The number of carbonyl (C=O) groups excluding carboxylic acids is 4. The van der Waals surface area contributed by atoms with Crippen LogP contribution >= 0.6 is 0 Å². The molecule has 0 spiro atoms. The lowest BCUT2D eigenvalue weighted by molar-refractivity contribution is -0.216. The van der Waals surface area contributed by atoms with Crippen LogP contribution in [0.3, 0.4) is 0 Å². The van der Waals surface area contributed by atoms with E-state index in [-0.39, 0.29) is 12.2 Å². The maximum absolute atomic E-state index is 13.1. The molecule has 38 heavy (non-hydrogen) atoms. The first-order valence-electron chi connectivity index (χ1n) is 12.8. The van der Waals surface area contributed by atoms with Crippen molar-refractivity contribution in [3.63, 3.8) is 0 Å². The Morgan fingerprint density at radius 1 is 1.21 bits per heavy atom. The molecule has 1 saturated carbocycles. The van der Waals surface area contributed by atoms with Crippen LogP contribution in [0.25, 0.3) is 0 Å². The van der Waals surface area contributed by atoms with Crippen molar-refractivity contribution in [1.29, 1.82) is 0 Å². The van der Waals surface area contributed by atoms with Crippen LogP contribution in [-0.2, 0) is 33.4 Å². The Kier molecular flexibility index (Phi) is 6.75. The smallest absolute Gasteiger partial charge is 0.347 e. The summed E-state index contributed by atoms with van der Waals surface area (Å²) in [7, 11) is 1.20. The molecule has 9 heteroatoms. The lowest BCUT2D eigenvalue weighted by Gasteiger charge is -2.61. The maximum atomic E-state index is 13.1. The van der Waals surface area contributed by atoms with Crippen molar-refractivity contribution < 1.29 is 42.9 Å². The largest absolute Gasteiger partial charge is 0.472 e. The molecule has 206 valence electrons. The van der Waals surface area contributed by atoms with E-state index in [2.05, 4.69) is 6.58 Å². The number of furan rings is 1. The number of cyclic esters (lactones) is 1. The van der Waals surface area contributed by atoms with Crippen LogP contribution in [0.4, 0.5) is 0 Å². The molecule has 9 nitrogen and oxygen atoms in total. The number of carbonyl (C=O) groups is 4. The number of allylic oxidation sites excluding steroid dienone is 2. The van der Waals surface area contributed by atoms with Crippen LogP contribution in [0.15, 0.2) is 47.3 Å². The van der Waals surface area contributed by atoms with Gasteiger partial charge in [-0.25, -0.2) is 4.79 Å². The van der Waals surface area contributed by atoms with Crippen LogP contribution < -0.4 is 0 Å². The molecule has 1 N–H and O–H groups in total. The molecule has 1 saturated heterocycles. The summed E-state index contributed by atoms with van der Waals surface area (Å²) >= 11 is 0. The number of hydrogen-bond donors (Lipinski definition) is 1. The zero-order valence-corrected chi connectivity index (χ0v) is 22.7. The number of ether oxygens (including phenoxy) is 3. The number of hydrogen-bond acceptors (Lipinski definition) is 9. The first kappa shape index (κ1) is 27.8. The van der Waals surface area contributed by atoms with Crippen LogP contribution in [0.5, 0.6) is 0 Å². The molecule has 0 bridgehead atoms. The molecular formula is C29H36O9. The third-order valence-corrected chi connectivity index (χ3v) is 9.38. The molecule has 3 aliphatic rings. The molecule has 1 unspecified atom stereocenters. The lowest BCUT2D eigenvalue weighted by atomic mass is 9.45. The van der Waals surface area contributed by atoms with Gasteiger partial charge in [0.2, 0.25) is 6.10 Å². The normalized spacial score (nSPS) is 37.1. The van der Waals surface area contributed by atoms with E-state index in [0.29, 0.717) is 24.0 Å². The third kappa shape index (κ3) is 3.94. The molecular weight excluding hydrogens is 492 g/mol. The summed E-state index contributed by atoms with van der Waals surface area (Å²) in [6.45, 7) is 12.7. The zero-order valence-electron chi connectivity index (χ0n) is 22.7. The van der Waals surface area contributed by atoms with Gasteiger partial charge in [0, 0.05) is 34.7 Å². The molecule has 2 fully saturated rings. The molecule has 2 aliphatic carbocycles. The fourth-order valence-corrected chi connectivity index (χ4v) is 7.29. The van der Waals surface area contributed by atoms with Gasteiger partial charge < -0.3 is 23.7 Å². The Bertz CT molecular complexity index is 1190. The summed E-state index contributed by atoms with van der Waals surface area (Å²) < 4.78 is 21.5. The van der Waals surface area contributed by atoms with E-state index in [1.165, 1.54) is 32.6 Å². The number of fused-ring (bicyclic) bond motifs is 1. The Morgan fingerprint density at radius 3 is 2.47 bits per heavy atom. The van der Waals surface area contributed by atoms with E-state index in [9.17, 15) is 24.3 Å². The van der Waals surface area contributed by atoms with E-state index in [1.54, 1.807) is 26.0 Å². The Balaban J connectivity index is 1.84. The highest BCUT2D eigenvalue weighted by Gasteiger charge is 2.67. The summed E-state index contributed by atoms with van der Waals surface area (Å²) in [5.74, 6) is -3.59. The lowest BCUT2D eigenvalue weighted by Crippen LogP contribution is -2.64. The molecule has 4 rings (SSSR count). The van der Waals surface area contributed by atoms with Gasteiger partial charge in [0.05, 0.1) is 26.1 Å². The second kappa shape index (κ2) is 9.22. The molecule has 0 amide bonds. The SMILES string of the molecule is C=C1C([C@@]2(C)C=CC(=O)C(C)(C)[C@@H]2[C@H](OC(C)=O)C(=O)OC)CC[C@@]2(C)[C@H](c3ccoc3)OC(=O)C[C@]12O. The van der Waals surface area contributed by atoms with Gasteiger partial charge in [-0.3, -0.25) is 14.4 Å². The average molecular weight is 529 g/mol. The van der Waals surface area contributed by atoms with Crippen molar-refractivity contribution in [2.45, 2.75) is 71.7 Å². The van der Waals surface area contributed by atoms with E-state index in [1.807, 2.05) is 13.8 Å². The third-order valence-electron chi connectivity index (χ3n) is 9.38. The van der Waals surface area contributed by atoms with Crippen molar-refractivity contribution in [1.82, 2.24) is 0 Å². The summed E-state index contributed by atoms with van der Waals surface area (Å²) in [6, 6.07) is 1.71. The molecule has 7 atom stereocenters. The standard InChI is InChI=1S/C29H36O9/c1-16-19(8-12-28(6)24(18-10-13-36-15-18)38-21(32)14-29(16,28)34)27(5)11-9-20(31)26(3,4)23(27)22(25(33)35-7)37-17(2)30/h9-11,13,15,19,22-24,34H,1,8,12,14H2,2-7H3/t19?,22-,23-,24-,27+,28-,29-/m0/s1. The molecule has 0 aromatic carbocycles. The maximum Gasteiger partial charge on any atom is 0.347 e. The minimum Gasteiger partial charge on any atom is -0.472 e. The second-order valence-electron chi connectivity index (χ2n) is 11.8. The minimum absolute atomic E-state index is 0.229. The van der Waals surface area contributed by atoms with Gasteiger partial charge in [0.15, 0.2) is 5.78 Å². The predicted octanol–water partition coefficient (Wildman–Crippen LogP) is 3.86. The van der Waals surface area contributed by atoms with E-state index < -0.39 is 63.8 Å². The summed E-state index contributed by atoms with van der Waals surface area (Å²) in [5.41, 5.74) is -3.63. The van der Waals surface area contributed by atoms with Gasteiger partial charge in [-0.1, -0.05) is 40.3 Å². The topological polar surface area (TPSA) is 129 Å². The Morgan fingerprint density at radius 2 is 1.89 bits per heavy atom. The quantitative estimate of drug-likeness (QED) is 0.344. The van der Waals surface area contributed by atoms with Gasteiger partial charge in [-0.2, -0.15) is 0 Å². The highest BCUT2D eigenvalue weighted by molar-refractivity contribution is 5.96. The highest BCUT2D eigenvalue weighted by atomic mass is 16.6. The van der Waals surface area contributed by atoms with Gasteiger partial charge >= 0.3 is 17.9 Å². The average Bonchev–Trinajstić information content (AvgIpc) is 3.36. The van der Waals surface area contributed by atoms with Crippen LogP contribution in [0.1, 0.15) is 65.5 Å². The second-order valence-corrected chi connectivity index (χ2v) is 11.8. The first-order valence-corrected chi connectivity index (χ1v) is 12.8. The predicted molar refractivity (Wildman–Crippen MR) is 134 cm³/mol. The number of aliphatic hydroxyl groups is 1. The Labute approximate surface area is 222 Å². The van der Waals surface area contributed by atoms with Gasteiger partial charge in [0.25, 0.3) is 0 Å². The van der Waals surface area contributed by atoms with E-state index >= 15 is 0 Å². The number of methoxy groups -OCH3 is 1. The van der Waals surface area contributed by atoms with Crippen molar-refractivity contribution in [3.8, 4) is 0 Å². The van der Waals surface area contributed by atoms with Crippen LogP contribution in [-0.4, -0.2) is 47.6 Å². The summed E-state index contributed by atoms with van der Waals surface area (Å²) in [5, 5.41) is 12.3. The first-order chi connectivity index (χ1) is 17.6. The van der Waals surface area contributed by atoms with Crippen molar-refractivity contribution in [2.24, 2.45) is 28.1 Å². The fraction of sp³-hybridized carbons (Fsp3) is 0.586. The molecule has 2 heterocycles. The van der Waals surface area contributed by atoms with Gasteiger partial charge in [-0.15, -0.1) is 0 Å². The van der Waals surface area contributed by atoms with E-state index in [4.69, 9.17) is 18.6 Å². The van der Waals surface area contributed by atoms with Crippen molar-refractivity contribution >= 4 is 23.7 Å². The molecule has 0 radical (unpaired) electrons. The fourth-order valence-electron chi connectivity index (χ4n) is 7.29. The highest BCUT2D eigenvalue weighted by Crippen LogP contribution is 2.65. The number of rotatable bonds is 5. The monoisotopic (exact) mass is 528 g/mol. The van der Waals surface area contributed by atoms with Gasteiger partial charge in [-0.05, 0) is 36.5 Å². The van der Waals surface area contributed by atoms with Crippen LogP contribution in [0.2, 0.25) is 0 Å². The molecule has 1 aromatic heterocycles. The van der Waals surface area contributed by atoms with Crippen molar-refractivity contribution in [2.75, 3.05) is 7.11 Å². The molecule has 1 aliphatic heterocycles. The zero-order chi connectivity index (χ0) is 28.3. The van der Waals surface area contributed by atoms with Gasteiger partial charge in [0.1, 0.15) is 11.7 Å². The number of esters is 3. The summed E-state index contributed by atoms with van der Waals surface area (Å²) in [4.78, 5) is 51.0. The van der Waals surface area contributed by atoms with Crippen molar-refractivity contribution in [3.05, 3.63) is 48.5 Å². The Hall–Kier alpha value is -3.20. The summed E-state index contributed by atoms with van der Waals surface area (Å²) in [6.07, 6.45) is 4.71. The molecule has 1 aromatic rings.